The number of likely N-dealkylation sites (tertiary alicyclic amines) is 1. The van der Waals surface area contributed by atoms with Crippen molar-refractivity contribution in [2.24, 2.45) is 0 Å². The zero-order valence-corrected chi connectivity index (χ0v) is 15.6. The highest BCUT2D eigenvalue weighted by atomic mass is 16.5. The molecule has 2 aliphatic rings. The van der Waals surface area contributed by atoms with Gasteiger partial charge in [-0.25, -0.2) is 0 Å². The van der Waals surface area contributed by atoms with Gasteiger partial charge in [-0.15, -0.1) is 0 Å². The van der Waals surface area contributed by atoms with E-state index in [-0.39, 0.29) is 5.60 Å². The van der Waals surface area contributed by atoms with E-state index in [0.717, 1.165) is 65.1 Å². The number of piperidine rings is 1. The highest BCUT2D eigenvalue weighted by Gasteiger charge is 2.39. The van der Waals surface area contributed by atoms with Crippen molar-refractivity contribution < 1.29 is 4.74 Å². The Balaban J connectivity index is 1.27. The molecule has 4 rings (SSSR count). The van der Waals surface area contributed by atoms with Gasteiger partial charge in [-0.05, 0) is 30.4 Å². The lowest BCUT2D eigenvalue weighted by Gasteiger charge is -2.47. The number of nitrogens with zero attached hydrogens (tertiary/aromatic N) is 2. The predicted molar refractivity (Wildman–Crippen MR) is 106 cm³/mol. The Bertz CT molecular complexity index is 665. The summed E-state index contributed by atoms with van der Waals surface area (Å²) in [4.78, 5) is 5.19. The van der Waals surface area contributed by atoms with Gasteiger partial charge in [0.2, 0.25) is 0 Å². The minimum absolute atomic E-state index is 0.0796. The first-order valence-electron chi connectivity index (χ1n) is 9.98. The van der Waals surface area contributed by atoms with Crippen molar-refractivity contribution in [1.29, 1.82) is 0 Å². The standard InChI is InChI=1S/C23H30N2O/c1-3-7-21(8-4-1)11-14-24-15-12-23(13-16-24)20-25(17-18-26-23)19-22-9-5-2-6-10-22/h1-10H,11-20H2. The first-order valence-corrected chi connectivity index (χ1v) is 9.98. The second kappa shape index (κ2) is 8.34. The van der Waals surface area contributed by atoms with E-state index >= 15 is 0 Å². The maximum absolute atomic E-state index is 6.32. The molecule has 0 N–H and O–H groups in total. The summed E-state index contributed by atoms with van der Waals surface area (Å²) in [5.41, 5.74) is 2.93. The summed E-state index contributed by atoms with van der Waals surface area (Å²) in [6.45, 7) is 7.52. The molecule has 2 aromatic carbocycles. The molecule has 138 valence electrons. The summed E-state index contributed by atoms with van der Waals surface area (Å²) >= 11 is 0. The van der Waals surface area contributed by atoms with Gasteiger partial charge >= 0.3 is 0 Å². The zero-order valence-electron chi connectivity index (χ0n) is 15.6. The maximum Gasteiger partial charge on any atom is 0.0833 e. The Kier molecular flexibility index (Phi) is 5.68. The molecular formula is C23H30N2O. The zero-order chi connectivity index (χ0) is 17.7. The van der Waals surface area contributed by atoms with Crippen molar-refractivity contribution >= 4 is 0 Å². The van der Waals surface area contributed by atoms with Gasteiger partial charge in [-0.2, -0.15) is 0 Å². The fourth-order valence-electron chi connectivity index (χ4n) is 4.32. The average Bonchev–Trinajstić information content (AvgIpc) is 2.69. The van der Waals surface area contributed by atoms with E-state index in [1.165, 1.54) is 11.1 Å². The van der Waals surface area contributed by atoms with Gasteiger partial charge in [0.1, 0.15) is 0 Å². The van der Waals surface area contributed by atoms with Crippen LogP contribution in [0.25, 0.3) is 0 Å². The van der Waals surface area contributed by atoms with Crippen LogP contribution < -0.4 is 0 Å². The van der Waals surface area contributed by atoms with E-state index in [2.05, 4.69) is 70.5 Å². The number of hydrogen-bond donors (Lipinski definition) is 0. The van der Waals surface area contributed by atoms with Crippen molar-refractivity contribution in [3.05, 3.63) is 71.8 Å². The van der Waals surface area contributed by atoms with Crippen LogP contribution in [0.4, 0.5) is 0 Å². The summed E-state index contributed by atoms with van der Waals surface area (Å²) in [5, 5.41) is 0. The third kappa shape index (κ3) is 4.53. The fourth-order valence-corrected chi connectivity index (χ4v) is 4.32. The molecule has 3 heteroatoms. The number of morpholine rings is 1. The van der Waals surface area contributed by atoms with Crippen LogP contribution in [0.5, 0.6) is 0 Å². The summed E-state index contributed by atoms with van der Waals surface area (Å²) in [7, 11) is 0. The lowest BCUT2D eigenvalue weighted by molar-refractivity contribution is -0.137. The Morgan fingerprint density at radius 3 is 2.12 bits per heavy atom. The molecule has 2 saturated heterocycles. The molecule has 0 unspecified atom stereocenters. The normalized spacial score (nSPS) is 21.1. The highest BCUT2D eigenvalue weighted by molar-refractivity contribution is 5.15. The molecule has 3 nitrogen and oxygen atoms in total. The minimum atomic E-state index is 0.0796. The quantitative estimate of drug-likeness (QED) is 0.819. The van der Waals surface area contributed by atoms with Crippen molar-refractivity contribution in [1.82, 2.24) is 9.80 Å². The molecule has 2 heterocycles. The van der Waals surface area contributed by atoms with Crippen LogP contribution in [0, 0.1) is 0 Å². The van der Waals surface area contributed by atoms with Gasteiger partial charge in [0.15, 0.2) is 0 Å². The summed E-state index contributed by atoms with van der Waals surface area (Å²) < 4.78 is 6.32. The lowest BCUT2D eigenvalue weighted by Crippen LogP contribution is -2.56. The molecule has 2 aliphatic heterocycles. The molecule has 0 aromatic heterocycles. The third-order valence-corrected chi connectivity index (χ3v) is 5.90. The van der Waals surface area contributed by atoms with Gasteiger partial charge in [0.25, 0.3) is 0 Å². The number of ether oxygens (including phenoxy) is 1. The van der Waals surface area contributed by atoms with Gasteiger partial charge in [0.05, 0.1) is 12.2 Å². The van der Waals surface area contributed by atoms with Gasteiger partial charge in [-0.1, -0.05) is 60.7 Å². The second-order valence-electron chi connectivity index (χ2n) is 7.80. The Hall–Kier alpha value is -1.68. The molecule has 0 atom stereocenters. The fraction of sp³-hybridized carbons (Fsp3) is 0.478. The van der Waals surface area contributed by atoms with E-state index in [4.69, 9.17) is 4.74 Å². The van der Waals surface area contributed by atoms with Crippen LogP contribution >= 0.6 is 0 Å². The van der Waals surface area contributed by atoms with Crippen molar-refractivity contribution in [3.63, 3.8) is 0 Å². The predicted octanol–water partition coefficient (Wildman–Crippen LogP) is 3.60. The molecular weight excluding hydrogens is 320 g/mol. The van der Waals surface area contributed by atoms with Crippen molar-refractivity contribution in [2.75, 3.05) is 39.3 Å². The molecule has 0 aliphatic carbocycles. The summed E-state index contributed by atoms with van der Waals surface area (Å²) in [6.07, 6.45) is 3.47. The van der Waals surface area contributed by atoms with Crippen LogP contribution in [0.3, 0.4) is 0 Å². The Morgan fingerprint density at radius 2 is 1.42 bits per heavy atom. The van der Waals surface area contributed by atoms with Gasteiger partial charge < -0.3 is 9.64 Å². The topological polar surface area (TPSA) is 15.7 Å². The molecule has 1 spiro atoms. The van der Waals surface area contributed by atoms with Crippen LogP contribution in [0.15, 0.2) is 60.7 Å². The Morgan fingerprint density at radius 1 is 0.769 bits per heavy atom. The lowest BCUT2D eigenvalue weighted by atomic mass is 9.89. The SMILES string of the molecule is c1ccc(CCN2CCC3(CC2)CN(Cc2ccccc2)CCO3)cc1. The van der Waals surface area contributed by atoms with Crippen LogP contribution in [-0.2, 0) is 17.7 Å². The first-order chi connectivity index (χ1) is 12.8. The smallest absolute Gasteiger partial charge is 0.0833 e. The second-order valence-corrected chi connectivity index (χ2v) is 7.80. The first kappa shape index (κ1) is 17.7. The van der Waals surface area contributed by atoms with Crippen LogP contribution in [0.2, 0.25) is 0 Å². The van der Waals surface area contributed by atoms with E-state index in [0.29, 0.717) is 0 Å². The average molecular weight is 351 g/mol. The minimum Gasteiger partial charge on any atom is -0.372 e. The Labute approximate surface area is 157 Å². The van der Waals surface area contributed by atoms with Crippen LogP contribution in [-0.4, -0.2) is 54.7 Å². The number of benzene rings is 2. The van der Waals surface area contributed by atoms with E-state index in [9.17, 15) is 0 Å². The summed E-state index contributed by atoms with van der Waals surface area (Å²) in [6, 6.07) is 21.7. The largest absolute Gasteiger partial charge is 0.372 e. The van der Waals surface area contributed by atoms with Gasteiger partial charge in [-0.3, -0.25) is 4.90 Å². The molecule has 0 bridgehead atoms. The van der Waals surface area contributed by atoms with Gasteiger partial charge in [0, 0.05) is 39.3 Å². The summed E-state index contributed by atoms with van der Waals surface area (Å²) in [5.74, 6) is 0. The highest BCUT2D eigenvalue weighted by Crippen LogP contribution is 2.30. The van der Waals surface area contributed by atoms with E-state index in [1.807, 2.05) is 0 Å². The molecule has 0 radical (unpaired) electrons. The molecule has 0 amide bonds. The van der Waals surface area contributed by atoms with Crippen molar-refractivity contribution in [2.45, 2.75) is 31.4 Å². The van der Waals surface area contributed by atoms with E-state index < -0.39 is 0 Å². The molecule has 2 fully saturated rings. The molecule has 0 saturated carbocycles. The maximum atomic E-state index is 6.32. The molecule has 2 aromatic rings. The van der Waals surface area contributed by atoms with E-state index in [1.54, 1.807) is 0 Å². The van der Waals surface area contributed by atoms with Crippen molar-refractivity contribution in [3.8, 4) is 0 Å². The molecule has 26 heavy (non-hydrogen) atoms. The number of rotatable bonds is 5. The monoisotopic (exact) mass is 350 g/mol. The number of hydrogen-bond acceptors (Lipinski definition) is 3. The third-order valence-electron chi connectivity index (χ3n) is 5.90. The van der Waals surface area contributed by atoms with Crippen LogP contribution in [0.1, 0.15) is 24.0 Å².